The molecule has 6 heteroatoms. The van der Waals surface area contributed by atoms with Crippen molar-refractivity contribution in [2.75, 3.05) is 0 Å². The third-order valence-corrected chi connectivity index (χ3v) is 1.52. The number of carboxylic acid groups (broad SMARTS) is 2. The molecule has 1 N–H and O–H groups in total. The maximum atomic E-state index is 10.0. The number of aliphatic carboxylic acids is 2. The number of rotatable bonds is 7. The van der Waals surface area contributed by atoms with Crippen molar-refractivity contribution in [2.24, 2.45) is 0 Å². The number of hydrogen-bond acceptors (Lipinski definition) is 3. The van der Waals surface area contributed by atoms with E-state index >= 15 is 0 Å². The Morgan fingerprint density at radius 3 is 1.71 bits per heavy atom. The third kappa shape index (κ3) is 18.3. The van der Waals surface area contributed by atoms with Gasteiger partial charge >= 0.3 is 50.7 Å². The van der Waals surface area contributed by atoms with Gasteiger partial charge in [-0.05, 0) is 19.3 Å². The molecule has 0 spiro atoms. The molecular weight excluding hydrogens is 376 g/mol. The quantitative estimate of drug-likeness (QED) is 0.497. The van der Waals surface area contributed by atoms with Crippen LogP contribution in [0, 0.1) is 0 Å². The summed E-state index contributed by atoms with van der Waals surface area (Å²) in [6, 6.07) is 0. The average Bonchev–Trinajstić information content (AvgIpc) is 1.95. The summed E-state index contributed by atoms with van der Waals surface area (Å²) in [7, 11) is 0. The molecule has 4 nitrogen and oxygen atoms in total. The van der Waals surface area contributed by atoms with Gasteiger partial charge in [-0.2, -0.15) is 0 Å². The first-order valence-electron chi connectivity index (χ1n) is 4.04. The van der Waals surface area contributed by atoms with Crippen LogP contribution in [-0.4, -0.2) is 17.0 Å². The van der Waals surface area contributed by atoms with Crippen LogP contribution in [0.25, 0.3) is 0 Å². The molecule has 0 aromatic rings. The van der Waals surface area contributed by atoms with Crippen LogP contribution in [0.2, 0.25) is 0 Å². The van der Waals surface area contributed by atoms with Crippen molar-refractivity contribution in [2.45, 2.75) is 38.5 Å². The second kappa shape index (κ2) is 13.4. The van der Waals surface area contributed by atoms with Crippen molar-refractivity contribution in [3.63, 3.8) is 0 Å². The Morgan fingerprint density at radius 1 is 0.929 bits per heavy atom. The minimum atomic E-state index is -1.03. The second-order valence-electron chi connectivity index (χ2n) is 2.68. The molecule has 0 unspecified atom stereocenters. The molecule has 0 saturated heterocycles. The first-order valence-corrected chi connectivity index (χ1v) is 4.04. The Hall–Kier alpha value is 0.421. The summed E-state index contributed by atoms with van der Waals surface area (Å²) in [5.74, 6) is -1.83. The molecule has 14 heavy (non-hydrogen) atoms. The molecule has 0 heterocycles. The van der Waals surface area contributed by atoms with Gasteiger partial charge in [0.1, 0.15) is 0 Å². The van der Waals surface area contributed by atoms with Gasteiger partial charge in [-0.25, -0.2) is 0 Å². The zero-order valence-electron chi connectivity index (χ0n) is 7.52. The maximum absolute atomic E-state index is 10.0. The van der Waals surface area contributed by atoms with Gasteiger partial charge in [-0.3, -0.25) is 4.79 Å². The van der Waals surface area contributed by atoms with Crippen LogP contribution in [0.5, 0.6) is 0 Å². The zero-order chi connectivity index (χ0) is 9.40. The molecule has 0 amide bonds. The normalized spacial score (nSPS) is 8.29. The zero-order valence-corrected chi connectivity index (χ0v) is 10.5. The van der Waals surface area contributed by atoms with E-state index in [2.05, 4.69) is 0 Å². The Balaban J connectivity index is -0.000000605. The Morgan fingerprint density at radius 2 is 1.36 bits per heavy atom. The summed E-state index contributed by atoms with van der Waals surface area (Å²) in [5.41, 5.74) is 0. The molecule has 0 aliphatic rings. The third-order valence-electron chi connectivity index (χ3n) is 1.52. The smallest absolute Gasteiger partial charge is 0.550 e. The summed E-state index contributed by atoms with van der Waals surface area (Å²) in [4.78, 5) is 20.0. The molecular formula is C8H13Ag2O4+. The number of carboxylic acids is 2. The van der Waals surface area contributed by atoms with E-state index in [1.807, 2.05) is 0 Å². The van der Waals surface area contributed by atoms with Crippen molar-refractivity contribution < 1.29 is 64.6 Å². The summed E-state index contributed by atoms with van der Waals surface area (Å²) in [6.07, 6.45) is 3.00. The maximum Gasteiger partial charge on any atom is 1.00 e. The van der Waals surface area contributed by atoms with E-state index in [1.165, 1.54) is 0 Å². The first-order chi connectivity index (χ1) is 5.63. The standard InChI is InChI=1S/C8H14O4.2Ag/c9-7(10)5-3-1-2-4-6-8(11)12;;/h1-6H2,(H,9,10)(H,11,12);;/q;2*+1/p-1. The molecule has 0 bridgehead atoms. The predicted molar refractivity (Wildman–Crippen MR) is 40.3 cm³/mol. The number of carbonyl (C=O) groups excluding carboxylic acids is 1. The molecule has 90 valence electrons. The van der Waals surface area contributed by atoms with Crippen molar-refractivity contribution in [1.29, 1.82) is 0 Å². The van der Waals surface area contributed by atoms with Crippen molar-refractivity contribution >= 4 is 11.9 Å². The molecule has 0 rings (SSSR count). The van der Waals surface area contributed by atoms with Crippen LogP contribution >= 0.6 is 0 Å². The predicted octanol–water partition coefficient (Wildman–Crippen LogP) is 0.156. The van der Waals surface area contributed by atoms with Crippen molar-refractivity contribution in [1.82, 2.24) is 0 Å². The van der Waals surface area contributed by atoms with E-state index in [0.717, 1.165) is 12.8 Å². The van der Waals surface area contributed by atoms with Crippen LogP contribution in [0.15, 0.2) is 0 Å². The summed E-state index contributed by atoms with van der Waals surface area (Å²) >= 11 is 0. The monoisotopic (exact) mass is 387 g/mol. The minimum absolute atomic E-state index is 0. The van der Waals surface area contributed by atoms with Crippen LogP contribution in [-0.2, 0) is 54.3 Å². The van der Waals surface area contributed by atoms with E-state index in [1.54, 1.807) is 0 Å². The van der Waals surface area contributed by atoms with E-state index in [0.29, 0.717) is 12.8 Å². The van der Waals surface area contributed by atoms with E-state index in [4.69, 9.17) is 5.11 Å². The number of carbonyl (C=O) groups is 2. The SMILES string of the molecule is O=C([O-])CCCCCCC(=O)O.[Ag+].[Ag+]. The first kappa shape index (κ1) is 19.9. The summed E-state index contributed by atoms with van der Waals surface area (Å²) < 4.78 is 0. The Bertz CT molecular complexity index is 143. The van der Waals surface area contributed by atoms with E-state index in [-0.39, 0.29) is 57.6 Å². The molecule has 0 fully saturated rings. The summed E-state index contributed by atoms with van der Waals surface area (Å²) in [6.45, 7) is 0. The van der Waals surface area contributed by atoms with Gasteiger partial charge < -0.3 is 15.0 Å². The van der Waals surface area contributed by atoms with Gasteiger partial charge in [0.15, 0.2) is 0 Å². The Labute approximate surface area is 114 Å². The largest absolute Gasteiger partial charge is 1.00 e. The second-order valence-corrected chi connectivity index (χ2v) is 2.68. The van der Waals surface area contributed by atoms with Gasteiger partial charge in [-0.1, -0.05) is 12.8 Å². The van der Waals surface area contributed by atoms with Gasteiger partial charge in [0, 0.05) is 12.4 Å². The molecule has 0 aromatic carbocycles. The number of hydrogen-bond donors (Lipinski definition) is 1. The van der Waals surface area contributed by atoms with E-state index in [9.17, 15) is 14.7 Å². The van der Waals surface area contributed by atoms with Crippen LogP contribution < -0.4 is 5.11 Å². The topological polar surface area (TPSA) is 77.4 Å². The van der Waals surface area contributed by atoms with Gasteiger partial charge in [0.2, 0.25) is 0 Å². The van der Waals surface area contributed by atoms with Crippen LogP contribution in [0.4, 0.5) is 0 Å². The molecule has 0 atom stereocenters. The molecule has 0 aliphatic heterocycles. The number of unbranched alkanes of at least 4 members (excludes halogenated alkanes) is 3. The fourth-order valence-corrected chi connectivity index (χ4v) is 0.899. The fraction of sp³-hybridized carbons (Fsp3) is 0.750. The molecule has 0 aliphatic carbocycles. The summed E-state index contributed by atoms with van der Waals surface area (Å²) in [5, 5.41) is 18.2. The van der Waals surface area contributed by atoms with E-state index < -0.39 is 11.9 Å². The average molecular weight is 389 g/mol. The van der Waals surface area contributed by atoms with Crippen molar-refractivity contribution in [3.8, 4) is 0 Å². The molecule has 0 aromatic heterocycles. The Kier molecular flexibility index (Phi) is 19.1. The van der Waals surface area contributed by atoms with Crippen molar-refractivity contribution in [3.05, 3.63) is 0 Å². The van der Waals surface area contributed by atoms with Gasteiger partial charge in [0.05, 0.1) is 0 Å². The van der Waals surface area contributed by atoms with Gasteiger partial charge in [-0.15, -0.1) is 0 Å². The van der Waals surface area contributed by atoms with Crippen LogP contribution in [0.1, 0.15) is 38.5 Å². The van der Waals surface area contributed by atoms with Crippen LogP contribution in [0.3, 0.4) is 0 Å². The molecule has 0 saturated carbocycles. The molecule has 0 radical (unpaired) electrons. The fourth-order valence-electron chi connectivity index (χ4n) is 0.899. The minimum Gasteiger partial charge on any atom is -0.550 e. The van der Waals surface area contributed by atoms with Gasteiger partial charge in [0.25, 0.3) is 0 Å².